The van der Waals surface area contributed by atoms with Crippen LogP contribution in [0.25, 0.3) is 11.2 Å². The van der Waals surface area contributed by atoms with Gasteiger partial charge in [0.25, 0.3) is 0 Å². The van der Waals surface area contributed by atoms with Crippen LogP contribution in [-0.4, -0.2) is 77.4 Å². The van der Waals surface area contributed by atoms with Gasteiger partial charge in [0.2, 0.25) is 5.91 Å². The van der Waals surface area contributed by atoms with E-state index in [1.165, 1.54) is 24.1 Å². The number of aliphatic hydroxyl groups is 2. The lowest BCUT2D eigenvalue weighted by Gasteiger charge is -2.19. The van der Waals surface area contributed by atoms with E-state index >= 15 is 0 Å². The van der Waals surface area contributed by atoms with E-state index in [1.807, 2.05) is 0 Å². The number of phosphoric acid groups is 1. The number of anilines is 1. The maximum Gasteiger partial charge on any atom is 0.470 e. The number of ether oxygens (including phenoxy) is 1. The molecule has 1 amide bonds. The third-order valence-corrected chi connectivity index (χ3v) is 4.28. The molecular formula is C13H21N6O8P. The predicted molar refractivity (Wildman–Crippen MR) is 93.4 cm³/mol. The summed E-state index contributed by atoms with van der Waals surface area (Å²) in [7, 11) is -3.28. The van der Waals surface area contributed by atoms with Gasteiger partial charge in [-0.2, -0.15) is 0 Å². The van der Waals surface area contributed by atoms with E-state index in [0.717, 1.165) is 0 Å². The van der Waals surface area contributed by atoms with Crippen LogP contribution in [0.15, 0.2) is 12.7 Å². The molecule has 0 saturated carbocycles. The average molecular weight is 420 g/mol. The Kier molecular flexibility index (Phi) is 7.01. The van der Waals surface area contributed by atoms with Crippen molar-refractivity contribution in [1.29, 1.82) is 0 Å². The fourth-order valence-corrected chi connectivity index (χ4v) is 3.02. The molecule has 1 fully saturated rings. The van der Waals surface area contributed by atoms with Gasteiger partial charge < -0.3 is 35.8 Å². The van der Waals surface area contributed by atoms with Crippen LogP contribution in [0.2, 0.25) is 0 Å². The van der Waals surface area contributed by atoms with E-state index in [1.54, 1.807) is 7.05 Å². The fraction of sp³-hybridized carbons (Fsp3) is 0.538. The van der Waals surface area contributed by atoms with Crippen molar-refractivity contribution in [2.45, 2.75) is 31.5 Å². The Bertz CT molecular complexity index is 872. The number of amides is 1. The molecule has 0 aromatic carbocycles. The molecule has 3 heterocycles. The van der Waals surface area contributed by atoms with Crippen molar-refractivity contribution in [2.75, 3.05) is 19.4 Å². The van der Waals surface area contributed by atoms with Gasteiger partial charge in [-0.05, 0) is 0 Å². The number of rotatable bonds is 4. The molecule has 2 aromatic rings. The lowest BCUT2D eigenvalue weighted by molar-refractivity contribution is -0.118. The Labute approximate surface area is 158 Å². The van der Waals surface area contributed by atoms with Crippen LogP contribution in [0.1, 0.15) is 13.2 Å². The Balaban J connectivity index is 0.000000500. The number of hydrogen-bond acceptors (Lipinski definition) is 10. The van der Waals surface area contributed by atoms with E-state index in [2.05, 4.69) is 24.8 Å². The quantitative estimate of drug-likeness (QED) is 0.293. The lowest BCUT2D eigenvalue weighted by Crippen LogP contribution is -2.35. The van der Waals surface area contributed by atoms with Gasteiger partial charge in [0.15, 0.2) is 17.7 Å². The Morgan fingerprint density at radius 1 is 1.43 bits per heavy atom. The van der Waals surface area contributed by atoms with E-state index in [9.17, 15) is 19.6 Å². The molecule has 156 valence electrons. The number of nitrogen functional groups attached to an aromatic ring is 1. The second kappa shape index (κ2) is 8.87. The van der Waals surface area contributed by atoms with Crippen LogP contribution in [-0.2, 0) is 18.6 Å². The number of phosphoric ester groups is 1. The molecule has 3 rings (SSSR count). The smallest absolute Gasteiger partial charge is 0.394 e. The Morgan fingerprint density at radius 2 is 2.07 bits per heavy atom. The monoisotopic (exact) mass is 420 g/mol. The van der Waals surface area contributed by atoms with E-state index < -0.39 is 39.0 Å². The van der Waals surface area contributed by atoms with Crippen molar-refractivity contribution in [1.82, 2.24) is 24.8 Å². The first-order valence-corrected chi connectivity index (χ1v) is 9.41. The molecule has 4 atom stereocenters. The first-order chi connectivity index (χ1) is 13.1. The minimum Gasteiger partial charge on any atom is -0.394 e. The number of aliphatic hydroxyl groups excluding tert-OH is 2. The van der Waals surface area contributed by atoms with Crippen LogP contribution < -0.4 is 11.1 Å². The van der Waals surface area contributed by atoms with E-state index in [-0.39, 0.29) is 22.9 Å². The molecule has 0 radical (unpaired) electrons. The van der Waals surface area contributed by atoms with Gasteiger partial charge in [0, 0.05) is 14.0 Å². The second-order valence-corrected chi connectivity index (χ2v) is 6.88. The zero-order valence-electron chi connectivity index (χ0n) is 14.9. The molecule has 14 nitrogen and oxygen atoms in total. The first kappa shape index (κ1) is 22.1. The van der Waals surface area contributed by atoms with Gasteiger partial charge in [0.1, 0.15) is 30.2 Å². The maximum atomic E-state index is 11.0. The highest BCUT2D eigenvalue weighted by molar-refractivity contribution is 7.46. The Hall–Kier alpha value is -2.19. The minimum atomic E-state index is -4.88. The lowest BCUT2D eigenvalue weighted by atomic mass is 10.1. The van der Waals surface area contributed by atoms with Gasteiger partial charge in [-0.25, -0.2) is 19.5 Å². The number of aromatic nitrogens is 4. The summed E-state index contributed by atoms with van der Waals surface area (Å²) in [6, 6.07) is 0. The number of nitrogens with two attached hydrogens (primary N) is 1. The summed E-state index contributed by atoms with van der Waals surface area (Å²) in [5.41, 5.74) is 6.21. The zero-order chi connectivity index (χ0) is 21.1. The molecule has 0 bridgehead atoms. The number of nitrogens with zero attached hydrogens (tertiary/aromatic N) is 4. The van der Waals surface area contributed by atoms with Crippen LogP contribution in [0.4, 0.5) is 5.82 Å². The summed E-state index contributed by atoms with van der Waals surface area (Å²) in [6.45, 7) is 0.863. The molecule has 7 N–H and O–H groups in total. The summed E-state index contributed by atoms with van der Waals surface area (Å²) >= 11 is 0. The topological polar surface area (TPSA) is 215 Å². The van der Waals surface area contributed by atoms with Crippen molar-refractivity contribution in [2.24, 2.45) is 0 Å². The van der Waals surface area contributed by atoms with Crippen LogP contribution in [0.5, 0.6) is 0 Å². The summed E-state index contributed by atoms with van der Waals surface area (Å²) in [5.74, 6) is 0.132. The van der Waals surface area contributed by atoms with Gasteiger partial charge in [-0.1, -0.05) is 0 Å². The molecule has 1 aliphatic heterocycles. The summed E-state index contributed by atoms with van der Waals surface area (Å²) in [6.07, 6.45) is -2.68. The highest BCUT2D eigenvalue weighted by atomic mass is 31.2. The Morgan fingerprint density at radius 3 is 2.61 bits per heavy atom. The number of imidazole rings is 1. The number of hydrogen-bond donors (Lipinski definition) is 6. The second-order valence-electron chi connectivity index (χ2n) is 5.69. The average Bonchev–Trinajstić information content (AvgIpc) is 3.17. The molecule has 2 aromatic heterocycles. The van der Waals surface area contributed by atoms with Crippen molar-refractivity contribution < 1.29 is 38.6 Å². The third-order valence-electron chi connectivity index (χ3n) is 3.76. The van der Waals surface area contributed by atoms with Gasteiger partial charge in [-0.15, -0.1) is 0 Å². The molecule has 0 spiro atoms. The number of nitrogens with one attached hydrogen (secondary N) is 1. The van der Waals surface area contributed by atoms with Gasteiger partial charge in [0.05, 0.1) is 12.9 Å². The molecule has 0 aliphatic carbocycles. The summed E-state index contributed by atoms with van der Waals surface area (Å²) in [4.78, 5) is 39.3. The minimum absolute atomic E-state index is 0.00463. The van der Waals surface area contributed by atoms with Crippen molar-refractivity contribution >= 4 is 30.7 Å². The normalized spacial score (nSPS) is 24.6. The van der Waals surface area contributed by atoms with Crippen LogP contribution >= 0.6 is 7.82 Å². The predicted octanol–water partition coefficient (Wildman–Crippen LogP) is -2.11. The van der Waals surface area contributed by atoms with E-state index in [0.29, 0.717) is 0 Å². The molecule has 0 unspecified atom stereocenters. The standard InChI is InChI=1S/C10H14N5O7P.C3H7NO/c11-8-5-9(13-2-12-8)15(3-14-5)10-6(17)7(4(1-16)21-10)22-23(18,19)20;1-3(5)4-2/h2-4,6-7,10,16-17H,1H2,(H2,11,12,13)(H2,18,19,20);1-2H3,(H,4,5)/t4-,6-,7-,10-;/m1./s1. The third kappa shape index (κ3) is 4.99. The highest BCUT2D eigenvalue weighted by Crippen LogP contribution is 2.44. The molecule has 1 saturated heterocycles. The number of carbonyl (C=O) groups is 1. The van der Waals surface area contributed by atoms with Crippen molar-refractivity contribution in [3.05, 3.63) is 12.7 Å². The molecular weight excluding hydrogens is 399 g/mol. The van der Waals surface area contributed by atoms with Crippen molar-refractivity contribution in [3.63, 3.8) is 0 Å². The fourth-order valence-electron chi connectivity index (χ4n) is 2.44. The molecule has 15 heteroatoms. The highest BCUT2D eigenvalue weighted by Gasteiger charge is 2.48. The number of fused-ring (bicyclic) bond motifs is 1. The maximum absolute atomic E-state index is 11.0. The molecule has 28 heavy (non-hydrogen) atoms. The molecule has 1 aliphatic rings. The first-order valence-electron chi connectivity index (χ1n) is 7.88. The van der Waals surface area contributed by atoms with E-state index in [4.69, 9.17) is 20.3 Å². The van der Waals surface area contributed by atoms with Crippen LogP contribution in [0.3, 0.4) is 0 Å². The van der Waals surface area contributed by atoms with Crippen LogP contribution in [0, 0.1) is 0 Å². The zero-order valence-corrected chi connectivity index (χ0v) is 15.8. The summed E-state index contributed by atoms with van der Waals surface area (Å²) in [5, 5.41) is 22.0. The van der Waals surface area contributed by atoms with Gasteiger partial charge in [-0.3, -0.25) is 13.9 Å². The number of carbonyl (C=O) groups excluding carboxylic acids is 1. The van der Waals surface area contributed by atoms with Gasteiger partial charge >= 0.3 is 7.82 Å². The van der Waals surface area contributed by atoms with Crippen molar-refractivity contribution in [3.8, 4) is 0 Å². The summed E-state index contributed by atoms with van der Waals surface area (Å²) < 4.78 is 22.3. The largest absolute Gasteiger partial charge is 0.470 e. The SMILES string of the molecule is CNC(C)=O.Nc1ncnc2c1ncn2[C@@H]1O[C@H](CO)[C@@H](OP(=O)(O)O)[C@H]1O.